The number of phenolic OH excluding ortho intramolecular Hbond substituents is 1. The van der Waals surface area contributed by atoms with Gasteiger partial charge in [0, 0.05) is 23.5 Å². The van der Waals surface area contributed by atoms with Gasteiger partial charge in [-0.15, -0.1) is 0 Å². The molecule has 6 heteroatoms. The van der Waals surface area contributed by atoms with Crippen molar-refractivity contribution in [3.05, 3.63) is 58.3 Å². The third-order valence-electron chi connectivity index (χ3n) is 4.69. The van der Waals surface area contributed by atoms with Gasteiger partial charge in [0.2, 0.25) is 0 Å². The molecule has 1 unspecified atom stereocenters. The molecule has 1 aliphatic rings. The highest BCUT2D eigenvalue weighted by molar-refractivity contribution is 9.10. The highest BCUT2D eigenvalue weighted by atomic mass is 79.9. The Morgan fingerprint density at radius 1 is 1.28 bits per heavy atom. The first-order valence-corrected chi connectivity index (χ1v) is 9.13. The first-order chi connectivity index (χ1) is 12.1. The average molecular weight is 400 g/mol. The molecular weight excluding hydrogens is 382 g/mol. The summed E-state index contributed by atoms with van der Waals surface area (Å²) in [6.45, 7) is 1.30. The molecule has 1 atom stereocenters. The van der Waals surface area contributed by atoms with Crippen LogP contribution in [0.15, 0.2) is 46.9 Å². The number of likely N-dealkylation sites (tertiary alicyclic amines) is 1. The van der Waals surface area contributed by atoms with Crippen LogP contribution in [-0.4, -0.2) is 39.0 Å². The molecule has 1 amide bonds. The Kier molecular flexibility index (Phi) is 4.21. The average Bonchev–Trinajstić information content (AvgIpc) is 3.05. The SMILES string of the molecule is O=C(c1ccc(Br)cc1O)N1CCCC(c2nc3ccccc3[nH]2)C1. The van der Waals surface area contributed by atoms with E-state index in [1.165, 1.54) is 0 Å². The number of imidazole rings is 1. The highest BCUT2D eigenvalue weighted by Gasteiger charge is 2.28. The Morgan fingerprint density at radius 2 is 2.12 bits per heavy atom. The lowest BCUT2D eigenvalue weighted by Crippen LogP contribution is -2.39. The van der Waals surface area contributed by atoms with Crippen molar-refractivity contribution in [3.8, 4) is 5.75 Å². The van der Waals surface area contributed by atoms with Crippen LogP contribution in [0.25, 0.3) is 11.0 Å². The fraction of sp³-hybridized carbons (Fsp3) is 0.263. The van der Waals surface area contributed by atoms with E-state index in [0.29, 0.717) is 18.7 Å². The van der Waals surface area contributed by atoms with Crippen LogP contribution in [-0.2, 0) is 0 Å². The van der Waals surface area contributed by atoms with Crippen LogP contribution in [0.2, 0.25) is 0 Å². The van der Waals surface area contributed by atoms with Gasteiger partial charge in [-0.3, -0.25) is 4.79 Å². The molecule has 0 spiro atoms. The summed E-state index contributed by atoms with van der Waals surface area (Å²) >= 11 is 3.30. The molecule has 2 aromatic carbocycles. The van der Waals surface area contributed by atoms with E-state index in [1.807, 2.05) is 29.2 Å². The van der Waals surface area contributed by atoms with Crippen LogP contribution >= 0.6 is 15.9 Å². The molecule has 4 rings (SSSR count). The molecule has 1 aromatic heterocycles. The number of hydrogen-bond donors (Lipinski definition) is 2. The maximum Gasteiger partial charge on any atom is 0.257 e. The Bertz CT molecular complexity index is 904. The van der Waals surface area contributed by atoms with Gasteiger partial charge in [0.05, 0.1) is 16.6 Å². The van der Waals surface area contributed by atoms with Crippen LogP contribution in [0.3, 0.4) is 0 Å². The van der Waals surface area contributed by atoms with E-state index in [0.717, 1.165) is 34.2 Å². The first kappa shape index (κ1) is 16.1. The van der Waals surface area contributed by atoms with Gasteiger partial charge in [-0.05, 0) is 43.2 Å². The van der Waals surface area contributed by atoms with Gasteiger partial charge in [0.25, 0.3) is 5.91 Å². The van der Waals surface area contributed by atoms with Crippen molar-refractivity contribution >= 4 is 32.9 Å². The number of phenols is 1. The van der Waals surface area contributed by atoms with Crippen molar-refractivity contribution in [2.45, 2.75) is 18.8 Å². The number of rotatable bonds is 2. The zero-order valence-corrected chi connectivity index (χ0v) is 15.2. The van der Waals surface area contributed by atoms with Crippen molar-refractivity contribution in [2.75, 3.05) is 13.1 Å². The summed E-state index contributed by atoms with van der Waals surface area (Å²) in [6.07, 6.45) is 1.92. The third-order valence-corrected chi connectivity index (χ3v) is 5.19. The van der Waals surface area contributed by atoms with E-state index < -0.39 is 0 Å². The van der Waals surface area contributed by atoms with Crippen molar-refractivity contribution in [3.63, 3.8) is 0 Å². The second kappa shape index (κ2) is 6.52. The number of benzene rings is 2. The van der Waals surface area contributed by atoms with E-state index in [2.05, 4.69) is 25.9 Å². The predicted molar refractivity (Wildman–Crippen MR) is 99.8 cm³/mol. The summed E-state index contributed by atoms with van der Waals surface area (Å²) in [5.41, 5.74) is 2.31. The van der Waals surface area contributed by atoms with Gasteiger partial charge in [-0.25, -0.2) is 4.98 Å². The minimum absolute atomic E-state index is 0.00485. The molecule has 25 heavy (non-hydrogen) atoms. The van der Waals surface area contributed by atoms with Crippen LogP contribution in [0.1, 0.15) is 34.9 Å². The van der Waals surface area contributed by atoms with E-state index in [1.54, 1.807) is 18.2 Å². The summed E-state index contributed by atoms with van der Waals surface area (Å²) in [7, 11) is 0. The lowest BCUT2D eigenvalue weighted by molar-refractivity contribution is 0.0702. The lowest BCUT2D eigenvalue weighted by atomic mass is 9.96. The fourth-order valence-electron chi connectivity index (χ4n) is 3.41. The van der Waals surface area contributed by atoms with E-state index >= 15 is 0 Å². The number of para-hydroxylation sites is 2. The number of halogens is 1. The van der Waals surface area contributed by atoms with Crippen molar-refractivity contribution in [1.82, 2.24) is 14.9 Å². The zero-order valence-electron chi connectivity index (χ0n) is 13.6. The van der Waals surface area contributed by atoms with Gasteiger partial charge in [-0.1, -0.05) is 28.1 Å². The number of piperidine rings is 1. The second-order valence-corrected chi connectivity index (χ2v) is 7.31. The van der Waals surface area contributed by atoms with Crippen LogP contribution in [0.5, 0.6) is 5.75 Å². The summed E-state index contributed by atoms with van der Waals surface area (Å²) in [6, 6.07) is 12.9. The third kappa shape index (κ3) is 3.14. The molecule has 3 aromatic rings. The number of nitrogens with zero attached hydrogens (tertiary/aromatic N) is 2. The van der Waals surface area contributed by atoms with Crippen LogP contribution in [0.4, 0.5) is 0 Å². The number of amides is 1. The molecule has 0 radical (unpaired) electrons. The summed E-state index contributed by atoms with van der Waals surface area (Å²) in [4.78, 5) is 22.7. The molecule has 0 saturated carbocycles. The Hall–Kier alpha value is -2.34. The van der Waals surface area contributed by atoms with E-state index in [9.17, 15) is 9.90 Å². The lowest BCUT2D eigenvalue weighted by Gasteiger charge is -2.32. The Morgan fingerprint density at radius 3 is 2.92 bits per heavy atom. The number of carbonyl (C=O) groups is 1. The number of aromatic amines is 1. The van der Waals surface area contributed by atoms with Crippen LogP contribution < -0.4 is 0 Å². The predicted octanol–water partition coefficient (Wildman–Crippen LogP) is 4.05. The fourth-order valence-corrected chi connectivity index (χ4v) is 3.76. The van der Waals surface area contributed by atoms with Gasteiger partial charge in [-0.2, -0.15) is 0 Å². The van der Waals surface area contributed by atoms with E-state index in [-0.39, 0.29) is 17.6 Å². The number of aromatic nitrogens is 2. The maximum absolute atomic E-state index is 12.8. The molecule has 1 saturated heterocycles. The monoisotopic (exact) mass is 399 g/mol. The molecular formula is C19H18BrN3O2. The Labute approximate surface area is 153 Å². The molecule has 1 fully saturated rings. The topological polar surface area (TPSA) is 69.2 Å². The minimum atomic E-state index is -0.134. The second-order valence-electron chi connectivity index (χ2n) is 6.39. The molecule has 5 nitrogen and oxygen atoms in total. The quantitative estimate of drug-likeness (QED) is 0.682. The van der Waals surface area contributed by atoms with Gasteiger partial charge >= 0.3 is 0 Å². The molecule has 0 bridgehead atoms. The summed E-state index contributed by atoms with van der Waals surface area (Å²) in [5.74, 6) is 0.984. The first-order valence-electron chi connectivity index (χ1n) is 8.34. The number of hydrogen-bond acceptors (Lipinski definition) is 3. The molecule has 2 N–H and O–H groups in total. The minimum Gasteiger partial charge on any atom is -0.507 e. The number of H-pyrrole nitrogens is 1. The zero-order chi connectivity index (χ0) is 17.4. The number of nitrogens with one attached hydrogen (secondary N) is 1. The summed E-state index contributed by atoms with van der Waals surface area (Å²) in [5, 5.41) is 10.1. The largest absolute Gasteiger partial charge is 0.507 e. The van der Waals surface area contributed by atoms with Crippen LogP contribution in [0, 0.1) is 0 Å². The normalized spacial score (nSPS) is 17.8. The van der Waals surface area contributed by atoms with E-state index in [4.69, 9.17) is 0 Å². The van der Waals surface area contributed by atoms with Crippen molar-refractivity contribution in [2.24, 2.45) is 0 Å². The summed E-state index contributed by atoms with van der Waals surface area (Å²) < 4.78 is 0.750. The number of aromatic hydroxyl groups is 1. The molecule has 2 heterocycles. The molecule has 1 aliphatic heterocycles. The number of carbonyl (C=O) groups excluding carboxylic acids is 1. The van der Waals surface area contributed by atoms with Crippen molar-refractivity contribution < 1.29 is 9.90 Å². The van der Waals surface area contributed by atoms with Gasteiger partial charge < -0.3 is 15.0 Å². The van der Waals surface area contributed by atoms with Crippen molar-refractivity contribution in [1.29, 1.82) is 0 Å². The maximum atomic E-state index is 12.8. The Balaban J connectivity index is 1.57. The van der Waals surface area contributed by atoms with Gasteiger partial charge in [0.1, 0.15) is 11.6 Å². The molecule has 128 valence electrons. The molecule has 0 aliphatic carbocycles. The highest BCUT2D eigenvalue weighted by Crippen LogP contribution is 2.29. The smallest absolute Gasteiger partial charge is 0.257 e. The number of fused-ring (bicyclic) bond motifs is 1. The van der Waals surface area contributed by atoms with Gasteiger partial charge in [0.15, 0.2) is 0 Å². The standard InChI is InChI=1S/C19H18BrN3O2/c20-13-7-8-14(17(24)10-13)19(25)23-9-3-4-12(11-23)18-21-15-5-1-2-6-16(15)22-18/h1-2,5-8,10,12,24H,3-4,9,11H2,(H,21,22).